The van der Waals surface area contributed by atoms with E-state index in [9.17, 15) is 4.79 Å². The highest BCUT2D eigenvalue weighted by Gasteiger charge is 2.22. The predicted octanol–water partition coefficient (Wildman–Crippen LogP) is 3.04. The van der Waals surface area contributed by atoms with Gasteiger partial charge in [-0.05, 0) is 38.0 Å². The Morgan fingerprint density at radius 3 is 2.63 bits per heavy atom. The van der Waals surface area contributed by atoms with Gasteiger partial charge in [0.15, 0.2) is 0 Å². The van der Waals surface area contributed by atoms with Gasteiger partial charge in [-0.3, -0.25) is 4.79 Å². The van der Waals surface area contributed by atoms with Crippen molar-refractivity contribution < 1.29 is 4.79 Å². The van der Waals surface area contributed by atoms with Crippen LogP contribution in [0.25, 0.3) is 10.9 Å². The van der Waals surface area contributed by atoms with Gasteiger partial charge >= 0.3 is 0 Å². The SMILES string of the molecule is CC(=O)C1CCN(c2ccc3ccccc3n2)CC1. The highest BCUT2D eigenvalue weighted by atomic mass is 16.1. The van der Waals surface area contributed by atoms with Crippen molar-refractivity contribution in [1.29, 1.82) is 0 Å². The van der Waals surface area contributed by atoms with Gasteiger partial charge in [0.1, 0.15) is 11.6 Å². The molecule has 3 rings (SSSR count). The highest BCUT2D eigenvalue weighted by molar-refractivity contribution is 5.80. The summed E-state index contributed by atoms with van der Waals surface area (Å²) in [6.07, 6.45) is 1.90. The molecular weight excluding hydrogens is 236 g/mol. The zero-order valence-electron chi connectivity index (χ0n) is 11.2. The molecule has 0 atom stereocenters. The Morgan fingerprint density at radius 1 is 1.16 bits per heavy atom. The molecule has 1 aliphatic heterocycles. The van der Waals surface area contributed by atoms with Gasteiger partial charge in [-0.25, -0.2) is 4.98 Å². The molecule has 0 saturated carbocycles. The van der Waals surface area contributed by atoms with Crippen molar-refractivity contribution in [1.82, 2.24) is 4.98 Å². The normalized spacial score (nSPS) is 16.8. The summed E-state index contributed by atoms with van der Waals surface area (Å²) >= 11 is 0. The van der Waals surface area contributed by atoms with Crippen molar-refractivity contribution in [3.8, 4) is 0 Å². The van der Waals surface area contributed by atoms with E-state index in [0.717, 1.165) is 37.3 Å². The zero-order valence-corrected chi connectivity index (χ0v) is 11.2. The number of carbonyl (C=O) groups is 1. The van der Waals surface area contributed by atoms with Crippen LogP contribution in [-0.4, -0.2) is 23.9 Å². The summed E-state index contributed by atoms with van der Waals surface area (Å²) < 4.78 is 0. The Hall–Kier alpha value is -1.90. The number of para-hydroxylation sites is 1. The van der Waals surface area contributed by atoms with E-state index in [4.69, 9.17) is 4.98 Å². The van der Waals surface area contributed by atoms with Gasteiger partial charge in [0.25, 0.3) is 0 Å². The number of nitrogens with zero attached hydrogens (tertiary/aromatic N) is 2. The molecule has 19 heavy (non-hydrogen) atoms. The van der Waals surface area contributed by atoms with Crippen LogP contribution in [-0.2, 0) is 4.79 Å². The summed E-state index contributed by atoms with van der Waals surface area (Å²) in [4.78, 5) is 18.4. The quantitative estimate of drug-likeness (QED) is 0.826. The van der Waals surface area contributed by atoms with Crippen LogP contribution >= 0.6 is 0 Å². The number of ketones is 1. The number of benzene rings is 1. The average molecular weight is 254 g/mol. The number of piperidine rings is 1. The maximum absolute atomic E-state index is 11.4. The van der Waals surface area contributed by atoms with Crippen LogP contribution in [0.5, 0.6) is 0 Å². The summed E-state index contributed by atoms with van der Waals surface area (Å²) in [6.45, 7) is 3.56. The smallest absolute Gasteiger partial charge is 0.133 e. The van der Waals surface area contributed by atoms with Gasteiger partial charge in [-0.2, -0.15) is 0 Å². The molecule has 3 nitrogen and oxygen atoms in total. The average Bonchev–Trinajstić information content (AvgIpc) is 2.47. The fourth-order valence-corrected chi connectivity index (χ4v) is 2.75. The summed E-state index contributed by atoms with van der Waals surface area (Å²) in [5, 5.41) is 1.17. The fourth-order valence-electron chi connectivity index (χ4n) is 2.75. The van der Waals surface area contributed by atoms with Crippen molar-refractivity contribution in [2.45, 2.75) is 19.8 Å². The molecule has 2 aromatic rings. The molecule has 0 radical (unpaired) electrons. The van der Waals surface area contributed by atoms with Gasteiger partial charge in [0.05, 0.1) is 5.52 Å². The number of anilines is 1. The molecule has 1 aromatic carbocycles. The lowest BCUT2D eigenvalue weighted by atomic mass is 9.93. The Kier molecular flexibility index (Phi) is 3.20. The molecule has 1 aromatic heterocycles. The Balaban J connectivity index is 1.80. The number of Topliss-reactive ketones (excluding diaryl/α,β-unsaturated/α-hetero) is 1. The molecule has 0 N–H and O–H groups in total. The number of carbonyl (C=O) groups excluding carboxylic acids is 1. The van der Waals surface area contributed by atoms with E-state index in [-0.39, 0.29) is 5.92 Å². The zero-order chi connectivity index (χ0) is 13.2. The minimum atomic E-state index is 0.247. The molecule has 0 aliphatic carbocycles. The first-order valence-electron chi connectivity index (χ1n) is 6.85. The molecule has 1 aliphatic rings. The molecule has 98 valence electrons. The topological polar surface area (TPSA) is 33.2 Å². The van der Waals surface area contributed by atoms with Crippen molar-refractivity contribution in [2.24, 2.45) is 5.92 Å². The molecule has 2 heterocycles. The van der Waals surface area contributed by atoms with Crippen LogP contribution in [0.15, 0.2) is 36.4 Å². The van der Waals surface area contributed by atoms with E-state index in [1.165, 1.54) is 5.39 Å². The Labute approximate surface area is 113 Å². The summed E-state index contributed by atoms with van der Waals surface area (Å²) in [6, 6.07) is 12.4. The molecule has 0 bridgehead atoms. The minimum Gasteiger partial charge on any atom is -0.357 e. The van der Waals surface area contributed by atoms with Crippen LogP contribution < -0.4 is 4.90 Å². The lowest BCUT2D eigenvalue weighted by Gasteiger charge is -2.31. The van der Waals surface area contributed by atoms with Crippen LogP contribution in [0.4, 0.5) is 5.82 Å². The number of pyridine rings is 1. The maximum atomic E-state index is 11.4. The summed E-state index contributed by atoms with van der Waals surface area (Å²) in [5.74, 6) is 1.60. The lowest BCUT2D eigenvalue weighted by molar-refractivity contribution is -0.121. The molecular formula is C16H18N2O. The Bertz CT molecular complexity index is 600. The first-order chi connectivity index (χ1) is 9.24. The highest BCUT2D eigenvalue weighted by Crippen LogP contribution is 2.24. The van der Waals surface area contributed by atoms with Gasteiger partial charge in [0.2, 0.25) is 0 Å². The maximum Gasteiger partial charge on any atom is 0.133 e. The lowest BCUT2D eigenvalue weighted by Crippen LogP contribution is -2.36. The largest absolute Gasteiger partial charge is 0.357 e. The van der Waals surface area contributed by atoms with E-state index >= 15 is 0 Å². The molecule has 1 fully saturated rings. The number of aromatic nitrogens is 1. The second-order valence-corrected chi connectivity index (χ2v) is 5.23. The number of rotatable bonds is 2. The van der Waals surface area contributed by atoms with E-state index in [0.29, 0.717) is 5.78 Å². The molecule has 0 amide bonds. The van der Waals surface area contributed by atoms with Crippen molar-refractivity contribution >= 4 is 22.5 Å². The van der Waals surface area contributed by atoms with Crippen LogP contribution in [0.1, 0.15) is 19.8 Å². The first kappa shape index (κ1) is 12.2. The standard InChI is InChI=1S/C16H18N2O/c1-12(19)13-8-10-18(11-9-13)16-7-6-14-4-2-3-5-15(14)17-16/h2-7,13H,8-11H2,1H3. The summed E-state index contributed by atoms with van der Waals surface area (Å²) in [5.41, 5.74) is 1.04. The van der Waals surface area contributed by atoms with Gasteiger partial charge in [-0.15, -0.1) is 0 Å². The number of fused-ring (bicyclic) bond motifs is 1. The van der Waals surface area contributed by atoms with Gasteiger partial charge in [0, 0.05) is 24.4 Å². The third-order valence-electron chi connectivity index (χ3n) is 3.98. The fraction of sp³-hybridized carbons (Fsp3) is 0.375. The second-order valence-electron chi connectivity index (χ2n) is 5.23. The predicted molar refractivity (Wildman–Crippen MR) is 77.4 cm³/mol. The number of hydrogen-bond donors (Lipinski definition) is 0. The third-order valence-corrected chi connectivity index (χ3v) is 3.98. The second kappa shape index (κ2) is 5.00. The van der Waals surface area contributed by atoms with Gasteiger partial charge in [-0.1, -0.05) is 18.2 Å². The Morgan fingerprint density at radius 2 is 1.89 bits per heavy atom. The molecule has 1 saturated heterocycles. The van der Waals surface area contributed by atoms with E-state index in [1.807, 2.05) is 18.2 Å². The van der Waals surface area contributed by atoms with E-state index < -0.39 is 0 Å². The molecule has 0 unspecified atom stereocenters. The summed E-state index contributed by atoms with van der Waals surface area (Å²) in [7, 11) is 0. The third kappa shape index (κ3) is 2.46. The van der Waals surface area contributed by atoms with Crippen molar-refractivity contribution in [3.05, 3.63) is 36.4 Å². The minimum absolute atomic E-state index is 0.247. The van der Waals surface area contributed by atoms with Crippen molar-refractivity contribution in [3.63, 3.8) is 0 Å². The van der Waals surface area contributed by atoms with Gasteiger partial charge < -0.3 is 4.90 Å². The van der Waals surface area contributed by atoms with E-state index in [1.54, 1.807) is 6.92 Å². The first-order valence-corrected chi connectivity index (χ1v) is 6.85. The molecule has 0 spiro atoms. The number of hydrogen-bond acceptors (Lipinski definition) is 3. The van der Waals surface area contributed by atoms with Crippen molar-refractivity contribution in [2.75, 3.05) is 18.0 Å². The molecule has 3 heteroatoms. The van der Waals surface area contributed by atoms with Crippen LogP contribution in [0.3, 0.4) is 0 Å². The van der Waals surface area contributed by atoms with Crippen LogP contribution in [0, 0.1) is 5.92 Å². The van der Waals surface area contributed by atoms with Crippen LogP contribution in [0.2, 0.25) is 0 Å². The monoisotopic (exact) mass is 254 g/mol. The van der Waals surface area contributed by atoms with E-state index in [2.05, 4.69) is 23.1 Å².